The normalized spacial score (nSPS) is 18.3. The number of β-amino-alcohol motifs (C(OH)–C–C–N with tert-alkyl or cyclic N) is 1. The minimum atomic E-state index is -0.269. The van der Waals surface area contributed by atoms with E-state index in [1.807, 2.05) is 13.8 Å². The van der Waals surface area contributed by atoms with Crippen LogP contribution in [0, 0.1) is 6.92 Å². The third kappa shape index (κ3) is 4.99. The van der Waals surface area contributed by atoms with Crippen LogP contribution in [-0.2, 0) is 0 Å². The number of rotatable bonds is 6. The van der Waals surface area contributed by atoms with Gasteiger partial charge in [-0.05, 0) is 32.8 Å². The Labute approximate surface area is 136 Å². The largest absolute Gasteiger partial charge is 0.459 e. The van der Waals surface area contributed by atoms with Crippen molar-refractivity contribution in [2.24, 2.45) is 4.99 Å². The number of carbonyl (C=O) groups excluding carboxylic acids is 1. The van der Waals surface area contributed by atoms with Gasteiger partial charge in [0.2, 0.25) is 0 Å². The lowest BCUT2D eigenvalue weighted by molar-refractivity contribution is 0.0925. The van der Waals surface area contributed by atoms with Gasteiger partial charge in [0, 0.05) is 38.3 Å². The van der Waals surface area contributed by atoms with Crippen LogP contribution in [0.15, 0.2) is 21.7 Å². The predicted octanol–water partition coefficient (Wildman–Crippen LogP) is 0.740. The molecular formula is C16H26N4O3. The Hall–Kier alpha value is -2.02. The summed E-state index contributed by atoms with van der Waals surface area (Å²) in [5, 5.41) is 15.7. The number of guanidine groups is 1. The topological polar surface area (TPSA) is 90.1 Å². The fraction of sp³-hybridized carbons (Fsp3) is 0.625. The highest BCUT2D eigenvalue weighted by Gasteiger charge is 2.22. The second kappa shape index (κ2) is 8.57. The van der Waals surface area contributed by atoms with Gasteiger partial charge in [-0.15, -0.1) is 0 Å². The number of hydrogen-bond donors (Lipinski definition) is 3. The van der Waals surface area contributed by atoms with Crippen molar-refractivity contribution in [3.05, 3.63) is 23.7 Å². The summed E-state index contributed by atoms with van der Waals surface area (Å²) in [6.07, 6.45) is 2.77. The molecule has 1 aromatic rings. The average molecular weight is 322 g/mol. The summed E-state index contributed by atoms with van der Waals surface area (Å²) < 4.78 is 5.15. The number of aliphatic hydroxyl groups excluding tert-OH is 1. The van der Waals surface area contributed by atoms with E-state index in [0.717, 1.165) is 37.5 Å². The predicted molar refractivity (Wildman–Crippen MR) is 88.6 cm³/mol. The van der Waals surface area contributed by atoms with Crippen LogP contribution in [0.3, 0.4) is 0 Å². The third-order valence-corrected chi connectivity index (χ3v) is 3.75. The Morgan fingerprint density at radius 2 is 2.35 bits per heavy atom. The lowest BCUT2D eigenvalue weighted by Crippen LogP contribution is -2.40. The lowest BCUT2D eigenvalue weighted by Gasteiger charge is -2.20. The second-order valence-corrected chi connectivity index (χ2v) is 5.67. The number of aryl methyl sites for hydroxylation is 1. The van der Waals surface area contributed by atoms with Gasteiger partial charge in [0.05, 0.1) is 12.4 Å². The second-order valence-electron chi connectivity index (χ2n) is 5.67. The fourth-order valence-corrected chi connectivity index (χ4v) is 2.51. The molecule has 2 heterocycles. The van der Waals surface area contributed by atoms with Gasteiger partial charge >= 0.3 is 0 Å². The van der Waals surface area contributed by atoms with Crippen LogP contribution in [-0.4, -0.2) is 60.7 Å². The molecule has 1 aromatic heterocycles. The minimum Gasteiger partial charge on any atom is -0.459 e. The number of carbonyl (C=O) groups is 1. The first-order valence-electron chi connectivity index (χ1n) is 8.15. The van der Waals surface area contributed by atoms with Crippen LogP contribution in [0.1, 0.15) is 35.9 Å². The van der Waals surface area contributed by atoms with E-state index in [1.165, 1.54) is 6.26 Å². The van der Waals surface area contributed by atoms with Crippen LogP contribution >= 0.6 is 0 Å². The molecule has 3 N–H and O–H groups in total. The molecule has 0 spiro atoms. The molecule has 1 atom stereocenters. The van der Waals surface area contributed by atoms with Gasteiger partial charge < -0.3 is 25.1 Å². The molecule has 2 rings (SSSR count). The van der Waals surface area contributed by atoms with Crippen LogP contribution < -0.4 is 10.6 Å². The Bertz CT molecular complexity index is 541. The van der Waals surface area contributed by atoms with E-state index >= 15 is 0 Å². The van der Waals surface area contributed by atoms with Crippen LogP contribution in [0.5, 0.6) is 0 Å². The van der Waals surface area contributed by atoms with Gasteiger partial charge in [0.15, 0.2) is 11.7 Å². The standard InChI is InChI=1S/C16H26N4O3/c1-3-17-16(20-9-5-13(21)11-20)19-8-4-7-18-15(22)14-12(2)6-10-23-14/h6,10,13,21H,3-5,7-9,11H2,1-2H3,(H,17,19)(H,18,22)/t13-/m1/s1. The number of nitrogens with zero attached hydrogens (tertiary/aromatic N) is 2. The highest BCUT2D eigenvalue weighted by Crippen LogP contribution is 2.09. The first-order chi connectivity index (χ1) is 11.1. The highest BCUT2D eigenvalue weighted by atomic mass is 16.3. The number of likely N-dealkylation sites (tertiary alicyclic amines) is 1. The van der Waals surface area contributed by atoms with E-state index in [0.29, 0.717) is 25.4 Å². The SMILES string of the molecule is CCNC(=NCCCNC(=O)c1occc1C)N1CC[C@@H](O)C1. The maximum Gasteiger partial charge on any atom is 0.287 e. The fourth-order valence-electron chi connectivity index (χ4n) is 2.51. The molecule has 7 heteroatoms. The molecule has 0 bridgehead atoms. The summed E-state index contributed by atoms with van der Waals surface area (Å²) in [5.41, 5.74) is 0.836. The van der Waals surface area contributed by atoms with E-state index in [4.69, 9.17) is 4.42 Å². The Morgan fingerprint density at radius 1 is 1.52 bits per heavy atom. The molecule has 1 amide bonds. The lowest BCUT2D eigenvalue weighted by atomic mass is 10.2. The van der Waals surface area contributed by atoms with E-state index in [2.05, 4.69) is 20.5 Å². The van der Waals surface area contributed by atoms with E-state index < -0.39 is 0 Å². The number of hydrogen-bond acceptors (Lipinski definition) is 4. The Morgan fingerprint density at radius 3 is 2.96 bits per heavy atom. The molecule has 0 saturated carbocycles. The molecule has 0 aliphatic carbocycles. The highest BCUT2D eigenvalue weighted by molar-refractivity contribution is 5.92. The summed E-state index contributed by atoms with van der Waals surface area (Å²) in [4.78, 5) is 18.5. The molecule has 23 heavy (non-hydrogen) atoms. The smallest absolute Gasteiger partial charge is 0.287 e. The van der Waals surface area contributed by atoms with Crippen molar-refractivity contribution in [1.29, 1.82) is 0 Å². The molecule has 0 aromatic carbocycles. The monoisotopic (exact) mass is 322 g/mol. The van der Waals surface area contributed by atoms with E-state index in [1.54, 1.807) is 6.07 Å². The quantitative estimate of drug-likeness (QED) is 0.408. The number of aliphatic imine (C=N–C) groups is 1. The molecule has 1 fully saturated rings. The zero-order valence-electron chi connectivity index (χ0n) is 13.8. The maximum absolute atomic E-state index is 11.9. The first-order valence-corrected chi connectivity index (χ1v) is 8.15. The van der Waals surface area contributed by atoms with E-state index in [-0.39, 0.29) is 12.0 Å². The molecule has 0 radical (unpaired) electrons. The minimum absolute atomic E-state index is 0.189. The van der Waals surface area contributed by atoms with Crippen molar-refractivity contribution < 1.29 is 14.3 Å². The zero-order valence-corrected chi connectivity index (χ0v) is 13.8. The van der Waals surface area contributed by atoms with Crippen molar-refractivity contribution in [3.8, 4) is 0 Å². The molecule has 7 nitrogen and oxygen atoms in total. The Kier molecular flexibility index (Phi) is 6.46. The average Bonchev–Trinajstić information content (AvgIpc) is 3.14. The number of aliphatic hydroxyl groups is 1. The summed E-state index contributed by atoms with van der Waals surface area (Å²) >= 11 is 0. The van der Waals surface area contributed by atoms with Gasteiger partial charge in [-0.3, -0.25) is 9.79 Å². The van der Waals surface area contributed by atoms with Gasteiger partial charge in [-0.25, -0.2) is 0 Å². The summed E-state index contributed by atoms with van der Waals surface area (Å²) in [5.74, 6) is 1.01. The summed E-state index contributed by atoms with van der Waals surface area (Å²) in [7, 11) is 0. The molecule has 1 aliphatic heterocycles. The van der Waals surface area contributed by atoms with Crippen molar-refractivity contribution in [2.45, 2.75) is 32.8 Å². The number of amides is 1. The Balaban J connectivity index is 1.73. The van der Waals surface area contributed by atoms with Crippen molar-refractivity contribution in [1.82, 2.24) is 15.5 Å². The van der Waals surface area contributed by atoms with Crippen molar-refractivity contribution in [3.63, 3.8) is 0 Å². The van der Waals surface area contributed by atoms with Gasteiger partial charge in [-0.1, -0.05) is 0 Å². The molecular weight excluding hydrogens is 296 g/mol. The van der Waals surface area contributed by atoms with Crippen molar-refractivity contribution >= 4 is 11.9 Å². The van der Waals surface area contributed by atoms with Crippen LogP contribution in [0.25, 0.3) is 0 Å². The first kappa shape index (κ1) is 17.3. The van der Waals surface area contributed by atoms with Crippen molar-refractivity contribution in [2.75, 3.05) is 32.7 Å². The van der Waals surface area contributed by atoms with Gasteiger partial charge in [0.1, 0.15) is 0 Å². The number of nitrogens with one attached hydrogen (secondary N) is 2. The third-order valence-electron chi connectivity index (χ3n) is 3.75. The van der Waals surface area contributed by atoms with Crippen LogP contribution in [0.2, 0.25) is 0 Å². The molecule has 128 valence electrons. The number of furan rings is 1. The van der Waals surface area contributed by atoms with Crippen LogP contribution in [0.4, 0.5) is 0 Å². The summed E-state index contributed by atoms with van der Waals surface area (Å²) in [6, 6.07) is 1.77. The molecule has 0 unspecified atom stereocenters. The summed E-state index contributed by atoms with van der Waals surface area (Å²) in [6.45, 7) is 7.27. The maximum atomic E-state index is 11.9. The van der Waals surface area contributed by atoms with Gasteiger partial charge in [-0.2, -0.15) is 0 Å². The molecule has 1 aliphatic rings. The van der Waals surface area contributed by atoms with E-state index in [9.17, 15) is 9.90 Å². The van der Waals surface area contributed by atoms with Gasteiger partial charge in [0.25, 0.3) is 5.91 Å². The zero-order chi connectivity index (χ0) is 16.7. The molecule has 1 saturated heterocycles.